The molecule has 0 aliphatic carbocycles. The van der Waals surface area contributed by atoms with Gasteiger partial charge in [-0.05, 0) is 17.7 Å². The van der Waals surface area contributed by atoms with Gasteiger partial charge in [0.1, 0.15) is 0 Å². The Kier molecular flexibility index (Phi) is 2.05. The lowest BCUT2D eigenvalue weighted by Gasteiger charge is -2.03. The summed E-state index contributed by atoms with van der Waals surface area (Å²) in [4.78, 5) is 0. The van der Waals surface area contributed by atoms with Gasteiger partial charge in [0.05, 0.1) is 6.67 Å². The minimum Gasteiger partial charge on any atom is -0.384 e. The summed E-state index contributed by atoms with van der Waals surface area (Å²) in [5, 5.41) is 3.17. The number of anilines is 1. The van der Waals surface area contributed by atoms with Gasteiger partial charge in [0.25, 0.3) is 0 Å². The molecular weight excluding hydrogens is 221 g/mol. The van der Waals surface area contributed by atoms with Crippen LogP contribution >= 0.6 is 15.9 Å². The summed E-state index contributed by atoms with van der Waals surface area (Å²) in [7, 11) is 0. The van der Waals surface area contributed by atoms with Gasteiger partial charge in [-0.1, -0.05) is 22.0 Å². The first-order valence-corrected chi connectivity index (χ1v) is 4.70. The van der Waals surface area contributed by atoms with Crippen LogP contribution in [0.4, 0.5) is 10.1 Å². The Balaban J connectivity index is 2.40. The van der Waals surface area contributed by atoms with Crippen molar-refractivity contribution in [3.8, 4) is 0 Å². The van der Waals surface area contributed by atoms with E-state index in [1.807, 2.05) is 18.2 Å². The highest BCUT2D eigenvalue weighted by Gasteiger charge is 2.21. The van der Waals surface area contributed by atoms with E-state index in [0.717, 1.165) is 22.3 Å². The number of hydrogen-bond donors (Lipinski definition) is 1. The topological polar surface area (TPSA) is 12.0 Å². The summed E-state index contributed by atoms with van der Waals surface area (Å²) in [6.07, 6.45) is 0. The lowest BCUT2D eigenvalue weighted by Crippen LogP contribution is -2.02. The van der Waals surface area contributed by atoms with Crippen LogP contribution in [-0.4, -0.2) is 13.2 Å². The van der Waals surface area contributed by atoms with Crippen LogP contribution in [0.1, 0.15) is 11.5 Å². The first-order valence-electron chi connectivity index (χ1n) is 3.90. The molecule has 3 heteroatoms. The Bertz CT molecular complexity index is 301. The molecule has 1 aromatic carbocycles. The lowest BCUT2D eigenvalue weighted by atomic mass is 10.0. The summed E-state index contributed by atoms with van der Waals surface area (Å²) in [6.45, 7) is 0.448. The van der Waals surface area contributed by atoms with Crippen molar-refractivity contribution in [2.45, 2.75) is 5.92 Å². The first kappa shape index (κ1) is 8.05. The van der Waals surface area contributed by atoms with Crippen LogP contribution in [0.15, 0.2) is 22.7 Å². The summed E-state index contributed by atoms with van der Waals surface area (Å²) in [6, 6.07) is 5.92. The molecule has 0 radical (unpaired) electrons. The van der Waals surface area contributed by atoms with Crippen LogP contribution in [-0.2, 0) is 0 Å². The number of alkyl halides is 1. The maximum absolute atomic E-state index is 12.4. The average molecular weight is 230 g/mol. The van der Waals surface area contributed by atoms with Crippen molar-refractivity contribution < 1.29 is 4.39 Å². The molecule has 0 amide bonds. The largest absolute Gasteiger partial charge is 0.384 e. The molecular formula is C9H9BrFN. The third-order valence-corrected chi connectivity index (χ3v) is 2.67. The fraction of sp³-hybridized carbons (Fsp3) is 0.333. The average Bonchev–Trinajstić information content (AvgIpc) is 2.46. The van der Waals surface area contributed by atoms with E-state index in [-0.39, 0.29) is 12.6 Å². The number of hydrogen-bond acceptors (Lipinski definition) is 1. The lowest BCUT2D eigenvalue weighted by molar-refractivity contribution is 0.447. The molecule has 1 aromatic rings. The molecule has 1 heterocycles. The second-order valence-corrected chi connectivity index (χ2v) is 3.88. The number of benzene rings is 1. The van der Waals surface area contributed by atoms with E-state index in [4.69, 9.17) is 0 Å². The van der Waals surface area contributed by atoms with Crippen LogP contribution in [0.5, 0.6) is 0 Å². The predicted molar refractivity (Wildman–Crippen MR) is 51.3 cm³/mol. The zero-order valence-corrected chi connectivity index (χ0v) is 8.07. The van der Waals surface area contributed by atoms with E-state index in [9.17, 15) is 4.39 Å². The molecule has 1 unspecified atom stereocenters. The minimum atomic E-state index is -0.276. The van der Waals surface area contributed by atoms with E-state index in [1.165, 1.54) is 0 Å². The zero-order chi connectivity index (χ0) is 8.55. The van der Waals surface area contributed by atoms with Crippen LogP contribution in [0.25, 0.3) is 0 Å². The number of rotatable bonds is 1. The van der Waals surface area contributed by atoms with E-state index in [0.29, 0.717) is 0 Å². The predicted octanol–water partition coefficient (Wildman–Crippen LogP) is 2.93. The molecule has 2 rings (SSSR count). The second-order valence-electron chi connectivity index (χ2n) is 2.96. The highest BCUT2D eigenvalue weighted by Crippen LogP contribution is 2.33. The van der Waals surface area contributed by atoms with Gasteiger partial charge in [-0.25, -0.2) is 0 Å². The summed E-state index contributed by atoms with van der Waals surface area (Å²) >= 11 is 3.37. The third kappa shape index (κ3) is 1.22. The van der Waals surface area contributed by atoms with E-state index >= 15 is 0 Å². The van der Waals surface area contributed by atoms with Gasteiger partial charge < -0.3 is 5.32 Å². The van der Waals surface area contributed by atoms with E-state index in [1.54, 1.807) is 0 Å². The summed E-state index contributed by atoms with van der Waals surface area (Å²) < 4.78 is 13.5. The van der Waals surface area contributed by atoms with Crippen molar-refractivity contribution in [3.63, 3.8) is 0 Å². The molecule has 0 spiro atoms. The van der Waals surface area contributed by atoms with Crippen LogP contribution in [0.2, 0.25) is 0 Å². The summed E-state index contributed by atoms with van der Waals surface area (Å²) in [5.41, 5.74) is 2.16. The Morgan fingerprint density at radius 2 is 2.42 bits per heavy atom. The van der Waals surface area contributed by atoms with Crippen molar-refractivity contribution in [1.29, 1.82) is 0 Å². The van der Waals surface area contributed by atoms with Gasteiger partial charge in [0, 0.05) is 22.6 Å². The van der Waals surface area contributed by atoms with Crippen LogP contribution < -0.4 is 5.32 Å². The number of halogens is 2. The highest BCUT2D eigenvalue weighted by molar-refractivity contribution is 9.10. The van der Waals surface area contributed by atoms with Gasteiger partial charge in [-0.15, -0.1) is 0 Å². The third-order valence-electron chi connectivity index (χ3n) is 2.18. The molecule has 0 aromatic heterocycles. The quantitative estimate of drug-likeness (QED) is 0.782. The molecule has 1 N–H and O–H groups in total. The molecule has 0 saturated heterocycles. The van der Waals surface area contributed by atoms with E-state index in [2.05, 4.69) is 21.2 Å². The van der Waals surface area contributed by atoms with E-state index < -0.39 is 0 Å². The molecule has 1 aliphatic heterocycles. The molecule has 1 nitrogen and oxygen atoms in total. The van der Waals surface area contributed by atoms with Crippen molar-refractivity contribution in [1.82, 2.24) is 0 Å². The van der Waals surface area contributed by atoms with Crippen LogP contribution in [0, 0.1) is 0 Å². The number of nitrogens with one attached hydrogen (secondary N) is 1. The zero-order valence-electron chi connectivity index (χ0n) is 6.48. The minimum absolute atomic E-state index is 0.0492. The van der Waals surface area contributed by atoms with Crippen molar-refractivity contribution in [2.75, 3.05) is 18.5 Å². The highest BCUT2D eigenvalue weighted by atomic mass is 79.9. The summed E-state index contributed by atoms with van der Waals surface area (Å²) in [5.74, 6) is 0.0492. The Labute approximate surface area is 79.1 Å². The fourth-order valence-electron chi connectivity index (χ4n) is 1.52. The van der Waals surface area contributed by atoms with Gasteiger partial charge in [0.15, 0.2) is 0 Å². The first-order chi connectivity index (χ1) is 5.81. The maximum Gasteiger partial charge on any atom is 0.0980 e. The smallest absolute Gasteiger partial charge is 0.0980 e. The SMILES string of the molecule is FCC1CNc2cc(Br)ccc21. The Morgan fingerprint density at radius 3 is 3.17 bits per heavy atom. The molecule has 1 aliphatic rings. The maximum atomic E-state index is 12.4. The second kappa shape index (κ2) is 3.05. The molecule has 64 valence electrons. The normalized spacial score (nSPS) is 20.3. The van der Waals surface area contributed by atoms with Crippen molar-refractivity contribution in [2.24, 2.45) is 0 Å². The van der Waals surface area contributed by atoms with Crippen molar-refractivity contribution >= 4 is 21.6 Å². The molecule has 0 bridgehead atoms. The Hall–Kier alpha value is -0.570. The van der Waals surface area contributed by atoms with Gasteiger partial charge >= 0.3 is 0 Å². The van der Waals surface area contributed by atoms with Gasteiger partial charge in [-0.3, -0.25) is 4.39 Å². The molecule has 12 heavy (non-hydrogen) atoms. The van der Waals surface area contributed by atoms with Crippen molar-refractivity contribution in [3.05, 3.63) is 28.2 Å². The molecule has 0 fully saturated rings. The fourth-order valence-corrected chi connectivity index (χ4v) is 1.88. The number of fused-ring (bicyclic) bond motifs is 1. The van der Waals surface area contributed by atoms with Gasteiger partial charge in [0.2, 0.25) is 0 Å². The molecule has 1 atom stereocenters. The standard InChI is InChI=1S/C9H9BrFN/c10-7-1-2-8-6(4-11)5-12-9(8)3-7/h1-3,6,12H,4-5H2. The van der Waals surface area contributed by atoms with Crippen LogP contribution in [0.3, 0.4) is 0 Å². The van der Waals surface area contributed by atoms with Gasteiger partial charge in [-0.2, -0.15) is 0 Å². The monoisotopic (exact) mass is 229 g/mol. The Morgan fingerprint density at radius 1 is 1.58 bits per heavy atom. The molecule has 0 saturated carbocycles.